The smallest absolute Gasteiger partial charge is 0.411 e. The van der Waals surface area contributed by atoms with Crippen LogP contribution in [0, 0.1) is 5.92 Å². The zero-order valence-corrected chi connectivity index (χ0v) is 12.7. The first-order valence-corrected chi connectivity index (χ1v) is 7.58. The van der Waals surface area contributed by atoms with Crippen molar-refractivity contribution in [2.24, 2.45) is 5.92 Å². The number of nitrogens with zero attached hydrogens (tertiary/aromatic N) is 1. The van der Waals surface area contributed by atoms with E-state index >= 15 is 0 Å². The molecule has 0 aromatic heterocycles. The average Bonchev–Trinajstić information content (AvgIpc) is 3.03. The summed E-state index contributed by atoms with van der Waals surface area (Å²) in [5.41, 5.74) is -0.405. The quantitative estimate of drug-likeness (QED) is 0.555. The molecule has 1 saturated carbocycles. The van der Waals surface area contributed by atoms with Crippen molar-refractivity contribution >= 4 is 6.09 Å². The molecule has 1 aliphatic heterocycles. The van der Waals surface area contributed by atoms with Crippen LogP contribution in [-0.4, -0.2) is 28.7 Å². The summed E-state index contributed by atoms with van der Waals surface area (Å²) < 4.78 is 5.51. The van der Waals surface area contributed by atoms with Crippen molar-refractivity contribution in [1.29, 1.82) is 0 Å². The number of hydrogen-bond donors (Lipinski definition) is 0. The number of carbonyl (C=O) groups is 1. The predicted octanol–water partition coefficient (Wildman–Crippen LogP) is 4.13. The maximum Gasteiger partial charge on any atom is 0.411 e. The van der Waals surface area contributed by atoms with Crippen molar-refractivity contribution < 1.29 is 9.53 Å². The molecule has 0 spiro atoms. The second-order valence-electron chi connectivity index (χ2n) is 6.79. The molecule has 0 aromatic rings. The molecule has 2 fully saturated rings. The molecule has 1 heterocycles. The molecule has 2 unspecified atom stereocenters. The number of carbonyl (C=O) groups excluding carboxylic acids is 1. The van der Waals surface area contributed by atoms with Crippen LogP contribution in [0.15, 0.2) is 12.2 Å². The highest BCUT2D eigenvalue weighted by atomic mass is 16.6. The van der Waals surface area contributed by atoms with Crippen LogP contribution in [0.3, 0.4) is 0 Å². The highest BCUT2D eigenvalue weighted by Gasteiger charge is 2.54. The first kappa shape index (κ1) is 14.4. The van der Waals surface area contributed by atoms with E-state index in [0.29, 0.717) is 12.0 Å². The Morgan fingerprint density at radius 2 is 1.84 bits per heavy atom. The van der Waals surface area contributed by atoms with Gasteiger partial charge < -0.3 is 4.74 Å². The summed E-state index contributed by atoms with van der Waals surface area (Å²) in [5.74, 6) is 0.669. The predicted molar refractivity (Wildman–Crippen MR) is 77.0 cm³/mol. The van der Waals surface area contributed by atoms with Gasteiger partial charge in [-0.2, -0.15) is 0 Å². The lowest BCUT2D eigenvalue weighted by molar-refractivity contribution is 0.0385. The Hall–Kier alpha value is -0.990. The van der Waals surface area contributed by atoms with Crippen LogP contribution in [0.5, 0.6) is 0 Å². The van der Waals surface area contributed by atoms with Crippen molar-refractivity contribution in [2.45, 2.75) is 77.5 Å². The fraction of sp³-hybridized carbons (Fsp3) is 0.812. The van der Waals surface area contributed by atoms with Crippen molar-refractivity contribution in [3.63, 3.8) is 0 Å². The Balaban J connectivity index is 2.00. The zero-order chi connectivity index (χ0) is 14.0. The molecular formula is C16H27NO2. The minimum Gasteiger partial charge on any atom is -0.444 e. The topological polar surface area (TPSA) is 29.3 Å². The van der Waals surface area contributed by atoms with E-state index in [-0.39, 0.29) is 12.1 Å². The van der Waals surface area contributed by atoms with Gasteiger partial charge >= 0.3 is 6.09 Å². The van der Waals surface area contributed by atoms with Gasteiger partial charge in [-0.3, -0.25) is 4.90 Å². The molecule has 3 nitrogen and oxygen atoms in total. The Morgan fingerprint density at radius 1 is 1.21 bits per heavy atom. The van der Waals surface area contributed by atoms with Crippen molar-refractivity contribution in [3.05, 3.63) is 12.2 Å². The zero-order valence-electron chi connectivity index (χ0n) is 12.7. The first-order valence-electron chi connectivity index (χ1n) is 7.58. The number of rotatable bonds is 2. The van der Waals surface area contributed by atoms with Gasteiger partial charge in [0.2, 0.25) is 0 Å². The summed E-state index contributed by atoms with van der Waals surface area (Å²) in [6.07, 6.45) is 10.5. The van der Waals surface area contributed by atoms with E-state index in [9.17, 15) is 4.79 Å². The van der Waals surface area contributed by atoms with E-state index in [4.69, 9.17) is 4.74 Å². The third-order valence-electron chi connectivity index (χ3n) is 4.03. The molecule has 3 heteroatoms. The van der Waals surface area contributed by atoms with Gasteiger partial charge in [0.1, 0.15) is 5.60 Å². The van der Waals surface area contributed by atoms with Gasteiger partial charge in [-0.25, -0.2) is 4.79 Å². The number of ether oxygens (including phenoxy) is 1. The lowest BCUT2D eigenvalue weighted by atomic mass is 9.85. The van der Waals surface area contributed by atoms with Crippen molar-refractivity contribution in [2.75, 3.05) is 0 Å². The Labute approximate surface area is 117 Å². The van der Waals surface area contributed by atoms with E-state index in [1.54, 1.807) is 0 Å². The number of amides is 1. The number of allylic oxidation sites excluding steroid dienone is 1. The van der Waals surface area contributed by atoms with E-state index < -0.39 is 5.60 Å². The first-order chi connectivity index (χ1) is 8.94. The van der Waals surface area contributed by atoms with Crippen molar-refractivity contribution in [1.82, 2.24) is 4.90 Å². The molecule has 0 bridgehead atoms. The summed E-state index contributed by atoms with van der Waals surface area (Å²) in [7, 11) is 0. The minimum atomic E-state index is -0.405. The molecule has 2 aliphatic rings. The molecule has 19 heavy (non-hydrogen) atoms. The molecule has 2 rings (SSSR count). The van der Waals surface area contributed by atoms with Gasteiger partial charge in [0.25, 0.3) is 0 Å². The Bertz CT molecular complexity index is 350. The Morgan fingerprint density at radius 3 is 2.37 bits per heavy atom. The maximum atomic E-state index is 12.2. The maximum absolute atomic E-state index is 12.2. The molecule has 1 saturated heterocycles. The summed E-state index contributed by atoms with van der Waals surface area (Å²) in [6, 6.07) is 0.647. The highest BCUT2D eigenvalue weighted by molar-refractivity contribution is 5.73. The highest BCUT2D eigenvalue weighted by Crippen LogP contribution is 2.42. The molecule has 1 aliphatic carbocycles. The van der Waals surface area contributed by atoms with E-state index in [1.807, 2.05) is 38.7 Å². The second kappa shape index (κ2) is 5.56. The molecule has 0 aromatic carbocycles. The van der Waals surface area contributed by atoms with Gasteiger partial charge in [-0.15, -0.1) is 0 Å². The lowest BCUT2D eigenvalue weighted by Gasteiger charge is -2.23. The van der Waals surface area contributed by atoms with Crippen LogP contribution in [0.4, 0.5) is 4.79 Å². The molecule has 2 atom stereocenters. The van der Waals surface area contributed by atoms with Crippen molar-refractivity contribution in [3.8, 4) is 0 Å². The van der Waals surface area contributed by atoms with Crippen LogP contribution in [0.1, 0.15) is 59.8 Å². The SMILES string of the molecule is C/C=C/C1C(C2CCCCC2)N1C(=O)OC(C)(C)C. The van der Waals surface area contributed by atoms with Gasteiger partial charge in [-0.1, -0.05) is 31.4 Å². The van der Waals surface area contributed by atoms with Crippen LogP contribution < -0.4 is 0 Å². The van der Waals surface area contributed by atoms with Crippen LogP contribution in [0.25, 0.3) is 0 Å². The Kier molecular flexibility index (Phi) is 4.22. The molecule has 0 N–H and O–H groups in total. The monoisotopic (exact) mass is 265 g/mol. The largest absolute Gasteiger partial charge is 0.444 e. The van der Waals surface area contributed by atoms with E-state index in [0.717, 1.165) is 0 Å². The number of hydrogen-bond acceptors (Lipinski definition) is 2. The molecular weight excluding hydrogens is 238 g/mol. The molecule has 0 radical (unpaired) electrons. The van der Waals surface area contributed by atoms with E-state index in [2.05, 4.69) is 6.08 Å². The van der Waals surface area contributed by atoms with Gasteiger partial charge in [0, 0.05) is 0 Å². The fourth-order valence-corrected chi connectivity index (χ4v) is 3.21. The second-order valence-corrected chi connectivity index (χ2v) is 6.79. The molecule has 1 amide bonds. The molecule has 108 valence electrons. The van der Waals surface area contributed by atoms with Crippen LogP contribution in [-0.2, 0) is 4.74 Å². The fourth-order valence-electron chi connectivity index (χ4n) is 3.21. The summed E-state index contributed by atoms with van der Waals surface area (Å²) in [4.78, 5) is 14.2. The normalized spacial score (nSPS) is 28.7. The van der Waals surface area contributed by atoms with Gasteiger partial charge in [-0.05, 0) is 46.5 Å². The average molecular weight is 265 g/mol. The third-order valence-corrected chi connectivity index (χ3v) is 4.03. The summed E-state index contributed by atoms with van der Waals surface area (Å²) in [5, 5.41) is 0. The van der Waals surface area contributed by atoms with E-state index in [1.165, 1.54) is 32.1 Å². The minimum absolute atomic E-state index is 0.147. The lowest BCUT2D eigenvalue weighted by Crippen LogP contribution is -2.29. The summed E-state index contributed by atoms with van der Waals surface area (Å²) >= 11 is 0. The van der Waals surface area contributed by atoms with Gasteiger partial charge in [0.05, 0.1) is 12.1 Å². The third kappa shape index (κ3) is 3.52. The van der Waals surface area contributed by atoms with Crippen LogP contribution >= 0.6 is 0 Å². The standard InChI is InChI=1S/C16H27NO2/c1-5-9-13-14(12-10-7-6-8-11-12)17(13)15(18)19-16(2,3)4/h5,9,12-14H,6-8,10-11H2,1-4H3/b9-5+. The summed E-state index contributed by atoms with van der Waals surface area (Å²) in [6.45, 7) is 7.79. The van der Waals surface area contributed by atoms with Crippen LogP contribution in [0.2, 0.25) is 0 Å². The van der Waals surface area contributed by atoms with Gasteiger partial charge in [0.15, 0.2) is 0 Å².